The molecule has 1 aliphatic rings. The third-order valence-electron chi connectivity index (χ3n) is 2.83. The summed E-state index contributed by atoms with van der Waals surface area (Å²) >= 11 is 6.06. The van der Waals surface area contributed by atoms with Crippen LogP contribution in [-0.4, -0.2) is 5.38 Å². The van der Waals surface area contributed by atoms with Crippen LogP contribution in [0.4, 0.5) is 0 Å². The lowest BCUT2D eigenvalue weighted by molar-refractivity contribution is 0.372. The highest BCUT2D eigenvalue weighted by molar-refractivity contribution is 6.20. The predicted molar refractivity (Wildman–Crippen MR) is 46.4 cm³/mol. The van der Waals surface area contributed by atoms with E-state index in [1.807, 2.05) is 0 Å². The molecule has 0 aliphatic heterocycles. The highest BCUT2D eigenvalue weighted by atomic mass is 35.5. The van der Waals surface area contributed by atoms with Crippen molar-refractivity contribution in [2.45, 2.75) is 44.9 Å². The molecule has 3 unspecified atom stereocenters. The van der Waals surface area contributed by atoms with Gasteiger partial charge in [0.25, 0.3) is 0 Å². The van der Waals surface area contributed by atoms with E-state index in [0.717, 1.165) is 11.8 Å². The van der Waals surface area contributed by atoms with Crippen molar-refractivity contribution in [1.29, 1.82) is 0 Å². The Hall–Kier alpha value is 0.290. The van der Waals surface area contributed by atoms with E-state index < -0.39 is 0 Å². The van der Waals surface area contributed by atoms with Gasteiger partial charge < -0.3 is 0 Å². The van der Waals surface area contributed by atoms with Gasteiger partial charge in [-0.25, -0.2) is 0 Å². The van der Waals surface area contributed by atoms with Crippen LogP contribution in [0.15, 0.2) is 0 Å². The molecule has 0 amide bonds. The molecule has 1 aliphatic carbocycles. The normalized spacial score (nSPS) is 36.3. The lowest BCUT2D eigenvalue weighted by Crippen LogP contribution is -2.15. The van der Waals surface area contributed by atoms with Gasteiger partial charge in [-0.1, -0.05) is 26.2 Å². The second kappa shape index (κ2) is 3.61. The van der Waals surface area contributed by atoms with Crippen molar-refractivity contribution < 1.29 is 0 Å². The number of hydrogen-bond donors (Lipinski definition) is 0. The lowest BCUT2D eigenvalue weighted by atomic mass is 9.91. The van der Waals surface area contributed by atoms with Crippen LogP contribution in [0.2, 0.25) is 0 Å². The van der Waals surface area contributed by atoms with Crippen LogP contribution < -0.4 is 0 Å². The Morgan fingerprint density at radius 3 is 2.60 bits per heavy atom. The van der Waals surface area contributed by atoms with Crippen LogP contribution >= 0.6 is 11.6 Å². The first-order valence-electron chi connectivity index (χ1n) is 4.39. The summed E-state index contributed by atoms with van der Waals surface area (Å²) in [4.78, 5) is 0. The third kappa shape index (κ3) is 1.66. The highest BCUT2D eigenvalue weighted by Gasteiger charge is 2.28. The van der Waals surface area contributed by atoms with Crippen molar-refractivity contribution in [2.24, 2.45) is 11.8 Å². The minimum absolute atomic E-state index is 0.396. The summed E-state index contributed by atoms with van der Waals surface area (Å²) in [5.41, 5.74) is 0. The van der Waals surface area contributed by atoms with Gasteiger partial charge >= 0.3 is 0 Å². The molecular formula is C9H17Cl. The SMILES string of the molecule is CCC1CCCC1C(C)Cl. The maximum Gasteiger partial charge on any atom is 0.0338 e. The van der Waals surface area contributed by atoms with E-state index >= 15 is 0 Å². The van der Waals surface area contributed by atoms with Crippen molar-refractivity contribution in [3.05, 3.63) is 0 Å². The number of alkyl halides is 1. The fourth-order valence-corrected chi connectivity index (χ4v) is 2.51. The molecule has 0 heterocycles. The summed E-state index contributed by atoms with van der Waals surface area (Å²) in [6.45, 7) is 4.42. The zero-order valence-corrected chi connectivity index (χ0v) is 7.69. The Morgan fingerprint density at radius 1 is 1.50 bits per heavy atom. The van der Waals surface area contributed by atoms with E-state index in [4.69, 9.17) is 11.6 Å². The first kappa shape index (κ1) is 8.39. The first-order chi connectivity index (χ1) is 4.75. The van der Waals surface area contributed by atoms with Gasteiger partial charge in [-0.05, 0) is 25.2 Å². The monoisotopic (exact) mass is 160 g/mol. The molecular weight excluding hydrogens is 144 g/mol. The standard InChI is InChI=1S/C9H17Cl/c1-3-8-5-4-6-9(8)7(2)10/h7-9H,3-6H2,1-2H3. The van der Waals surface area contributed by atoms with Gasteiger partial charge in [-0.2, -0.15) is 0 Å². The molecule has 0 aromatic carbocycles. The Morgan fingerprint density at radius 2 is 2.20 bits per heavy atom. The Balaban J connectivity index is 2.42. The first-order valence-corrected chi connectivity index (χ1v) is 4.83. The summed E-state index contributed by atoms with van der Waals surface area (Å²) < 4.78 is 0. The van der Waals surface area contributed by atoms with Crippen LogP contribution in [0.3, 0.4) is 0 Å². The molecule has 1 saturated carbocycles. The molecule has 0 spiro atoms. The average Bonchev–Trinajstić information content (AvgIpc) is 2.33. The fourth-order valence-electron chi connectivity index (χ4n) is 2.18. The predicted octanol–water partition coefficient (Wildman–Crippen LogP) is 3.44. The molecule has 0 N–H and O–H groups in total. The van der Waals surface area contributed by atoms with Crippen molar-refractivity contribution in [2.75, 3.05) is 0 Å². The second-order valence-corrected chi connectivity index (χ2v) is 4.13. The van der Waals surface area contributed by atoms with E-state index in [0.29, 0.717) is 5.38 Å². The molecule has 60 valence electrons. The Labute approximate surface area is 69.0 Å². The van der Waals surface area contributed by atoms with E-state index in [1.165, 1.54) is 25.7 Å². The van der Waals surface area contributed by atoms with Gasteiger partial charge in [0.1, 0.15) is 0 Å². The summed E-state index contributed by atoms with van der Waals surface area (Å²) in [7, 11) is 0. The summed E-state index contributed by atoms with van der Waals surface area (Å²) in [6, 6.07) is 0. The Bertz CT molecular complexity index is 98.9. The number of hydrogen-bond acceptors (Lipinski definition) is 0. The van der Waals surface area contributed by atoms with Crippen molar-refractivity contribution >= 4 is 11.6 Å². The van der Waals surface area contributed by atoms with Crippen LogP contribution in [0.5, 0.6) is 0 Å². The van der Waals surface area contributed by atoms with Crippen molar-refractivity contribution in [3.63, 3.8) is 0 Å². The van der Waals surface area contributed by atoms with Gasteiger partial charge in [-0.15, -0.1) is 11.6 Å². The van der Waals surface area contributed by atoms with E-state index in [2.05, 4.69) is 13.8 Å². The zero-order valence-electron chi connectivity index (χ0n) is 6.94. The van der Waals surface area contributed by atoms with E-state index in [-0.39, 0.29) is 0 Å². The smallest absolute Gasteiger partial charge is 0.0338 e. The van der Waals surface area contributed by atoms with Crippen LogP contribution in [-0.2, 0) is 0 Å². The lowest BCUT2D eigenvalue weighted by Gasteiger charge is -2.19. The van der Waals surface area contributed by atoms with Gasteiger partial charge in [0, 0.05) is 5.38 Å². The van der Waals surface area contributed by atoms with Crippen LogP contribution in [0, 0.1) is 11.8 Å². The second-order valence-electron chi connectivity index (χ2n) is 3.44. The van der Waals surface area contributed by atoms with Gasteiger partial charge in [0.15, 0.2) is 0 Å². The molecule has 1 rings (SSSR count). The molecule has 0 aromatic heterocycles. The molecule has 0 saturated heterocycles. The zero-order chi connectivity index (χ0) is 7.56. The van der Waals surface area contributed by atoms with Gasteiger partial charge in [0.2, 0.25) is 0 Å². The average molecular weight is 161 g/mol. The van der Waals surface area contributed by atoms with Crippen LogP contribution in [0.1, 0.15) is 39.5 Å². The maximum absolute atomic E-state index is 6.06. The molecule has 0 bridgehead atoms. The quantitative estimate of drug-likeness (QED) is 0.543. The van der Waals surface area contributed by atoms with E-state index in [9.17, 15) is 0 Å². The molecule has 0 aromatic rings. The molecule has 1 heteroatoms. The molecule has 0 nitrogen and oxygen atoms in total. The van der Waals surface area contributed by atoms with Crippen LogP contribution in [0.25, 0.3) is 0 Å². The summed E-state index contributed by atoms with van der Waals surface area (Å²) in [6.07, 6.45) is 5.50. The van der Waals surface area contributed by atoms with Crippen molar-refractivity contribution in [3.8, 4) is 0 Å². The largest absolute Gasteiger partial charge is 0.123 e. The van der Waals surface area contributed by atoms with Crippen molar-refractivity contribution in [1.82, 2.24) is 0 Å². The third-order valence-corrected chi connectivity index (χ3v) is 3.16. The Kier molecular flexibility index (Phi) is 3.03. The van der Waals surface area contributed by atoms with Gasteiger partial charge in [-0.3, -0.25) is 0 Å². The topological polar surface area (TPSA) is 0 Å². The summed E-state index contributed by atoms with van der Waals surface area (Å²) in [5.74, 6) is 1.74. The highest BCUT2D eigenvalue weighted by Crippen LogP contribution is 2.37. The molecule has 10 heavy (non-hydrogen) atoms. The number of halogens is 1. The minimum atomic E-state index is 0.396. The molecule has 1 fully saturated rings. The maximum atomic E-state index is 6.06. The minimum Gasteiger partial charge on any atom is -0.123 e. The summed E-state index contributed by atoms with van der Waals surface area (Å²) in [5, 5.41) is 0.396. The molecule has 0 radical (unpaired) electrons. The van der Waals surface area contributed by atoms with E-state index in [1.54, 1.807) is 0 Å². The molecule has 3 atom stereocenters. The fraction of sp³-hybridized carbons (Fsp3) is 1.00. The number of rotatable bonds is 2. The van der Waals surface area contributed by atoms with Gasteiger partial charge in [0.05, 0.1) is 0 Å².